The number of carbonyl (C=O) groups is 2. The molecule has 108 valence electrons. The van der Waals surface area contributed by atoms with Crippen molar-refractivity contribution in [2.24, 2.45) is 0 Å². The van der Waals surface area contributed by atoms with Crippen LogP contribution in [0, 0.1) is 6.92 Å². The molecule has 0 spiro atoms. The quantitative estimate of drug-likeness (QED) is 0.877. The number of benzene rings is 1. The first-order chi connectivity index (χ1) is 9.49. The molecular weight excluding hydrogens is 254 g/mol. The maximum Gasteiger partial charge on any atom is 0.245 e. The average Bonchev–Trinajstić information content (AvgIpc) is 2.41. The Morgan fingerprint density at radius 3 is 2.50 bits per heavy atom. The molecule has 1 aliphatic heterocycles. The summed E-state index contributed by atoms with van der Waals surface area (Å²) in [5.74, 6) is -0.111. The minimum absolute atomic E-state index is 0.0197. The van der Waals surface area contributed by atoms with E-state index in [4.69, 9.17) is 0 Å². The summed E-state index contributed by atoms with van der Waals surface area (Å²) in [6.07, 6.45) is 0. The van der Waals surface area contributed by atoms with Gasteiger partial charge in [0.05, 0.1) is 6.54 Å². The van der Waals surface area contributed by atoms with E-state index >= 15 is 0 Å². The molecule has 1 heterocycles. The summed E-state index contributed by atoms with van der Waals surface area (Å²) in [6, 6.07) is 7.61. The fraction of sp³-hybridized carbons (Fsp3) is 0.467. The Balaban J connectivity index is 2.21. The fourth-order valence-corrected chi connectivity index (χ4v) is 2.41. The Morgan fingerprint density at radius 1 is 1.30 bits per heavy atom. The summed E-state index contributed by atoms with van der Waals surface area (Å²) in [7, 11) is 3.76. The second kappa shape index (κ2) is 6.05. The number of piperazine rings is 1. The predicted octanol–water partition coefficient (Wildman–Crippen LogP) is 0.556. The Labute approximate surface area is 119 Å². The van der Waals surface area contributed by atoms with E-state index < -0.39 is 0 Å². The van der Waals surface area contributed by atoms with E-state index in [0.717, 1.165) is 11.1 Å². The largest absolute Gasteiger partial charge is 0.353 e. The summed E-state index contributed by atoms with van der Waals surface area (Å²) in [4.78, 5) is 27.6. The van der Waals surface area contributed by atoms with E-state index in [1.807, 2.05) is 50.2 Å². The molecule has 0 unspecified atom stereocenters. The van der Waals surface area contributed by atoms with Gasteiger partial charge in [-0.3, -0.25) is 14.5 Å². The SMILES string of the molecule is Cc1ccc([C@@H](C(=O)N2CCNC(=O)C2)N(C)C)cc1. The molecule has 5 nitrogen and oxygen atoms in total. The third-order valence-electron chi connectivity index (χ3n) is 3.49. The van der Waals surface area contributed by atoms with Gasteiger partial charge < -0.3 is 10.2 Å². The van der Waals surface area contributed by atoms with E-state index in [-0.39, 0.29) is 24.4 Å². The number of carbonyl (C=O) groups excluding carboxylic acids is 2. The maximum atomic E-state index is 12.7. The van der Waals surface area contributed by atoms with Crippen LogP contribution in [0.15, 0.2) is 24.3 Å². The summed E-state index contributed by atoms with van der Waals surface area (Å²) >= 11 is 0. The topological polar surface area (TPSA) is 52.7 Å². The zero-order valence-corrected chi connectivity index (χ0v) is 12.2. The highest BCUT2D eigenvalue weighted by Crippen LogP contribution is 2.21. The molecule has 0 aromatic heterocycles. The lowest BCUT2D eigenvalue weighted by molar-refractivity contribution is -0.142. The Kier molecular flexibility index (Phi) is 4.39. The predicted molar refractivity (Wildman–Crippen MR) is 77.2 cm³/mol. The first-order valence-corrected chi connectivity index (χ1v) is 6.77. The molecule has 0 aliphatic carbocycles. The first kappa shape index (κ1) is 14.5. The van der Waals surface area contributed by atoms with Crippen molar-refractivity contribution in [3.8, 4) is 0 Å². The Bertz CT molecular complexity index is 496. The molecule has 0 radical (unpaired) electrons. The normalized spacial score (nSPS) is 17.0. The molecular formula is C15H21N3O2. The Hall–Kier alpha value is -1.88. The van der Waals surface area contributed by atoms with Gasteiger partial charge in [-0.05, 0) is 26.6 Å². The van der Waals surface area contributed by atoms with Gasteiger partial charge in [0.1, 0.15) is 6.04 Å². The second-order valence-electron chi connectivity index (χ2n) is 5.39. The molecule has 2 rings (SSSR count). The van der Waals surface area contributed by atoms with Crippen molar-refractivity contribution < 1.29 is 9.59 Å². The molecule has 1 atom stereocenters. The second-order valence-corrected chi connectivity index (χ2v) is 5.39. The highest BCUT2D eigenvalue weighted by Gasteiger charge is 2.30. The summed E-state index contributed by atoms with van der Waals surface area (Å²) in [5, 5.41) is 2.74. The number of nitrogens with one attached hydrogen (secondary N) is 1. The van der Waals surface area contributed by atoms with Crippen LogP contribution in [0.3, 0.4) is 0 Å². The van der Waals surface area contributed by atoms with Crippen molar-refractivity contribution in [3.05, 3.63) is 35.4 Å². The fourth-order valence-electron chi connectivity index (χ4n) is 2.41. The molecule has 1 aliphatic rings. The summed E-state index contributed by atoms with van der Waals surface area (Å²) in [5.41, 5.74) is 2.12. The molecule has 20 heavy (non-hydrogen) atoms. The molecule has 1 fully saturated rings. The van der Waals surface area contributed by atoms with Crippen molar-refractivity contribution in [2.75, 3.05) is 33.7 Å². The molecule has 0 bridgehead atoms. The van der Waals surface area contributed by atoms with Crippen molar-refractivity contribution in [2.45, 2.75) is 13.0 Å². The summed E-state index contributed by atoms with van der Waals surface area (Å²) in [6.45, 7) is 3.26. The molecule has 1 aromatic carbocycles. The van der Waals surface area contributed by atoms with Gasteiger partial charge in [0, 0.05) is 13.1 Å². The zero-order chi connectivity index (χ0) is 14.7. The number of rotatable bonds is 3. The monoisotopic (exact) mass is 275 g/mol. The van der Waals surface area contributed by atoms with Crippen LogP contribution in [0.5, 0.6) is 0 Å². The van der Waals surface area contributed by atoms with Crippen LogP contribution in [0.2, 0.25) is 0 Å². The van der Waals surface area contributed by atoms with E-state index in [0.29, 0.717) is 13.1 Å². The molecule has 1 saturated heterocycles. The van der Waals surface area contributed by atoms with Crippen LogP contribution in [0.25, 0.3) is 0 Å². The maximum absolute atomic E-state index is 12.7. The highest BCUT2D eigenvalue weighted by atomic mass is 16.2. The van der Waals surface area contributed by atoms with Crippen molar-refractivity contribution >= 4 is 11.8 Å². The van der Waals surface area contributed by atoms with Crippen molar-refractivity contribution in [1.29, 1.82) is 0 Å². The van der Waals surface area contributed by atoms with Crippen LogP contribution in [-0.2, 0) is 9.59 Å². The average molecular weight is 275 g/mol. The van der Waals surface area contributed by atoms with Gasteiger partial charge >= 0.3 is 0 Å². The zero-order valence-electron chi connectivity index (χ0n) is 12.2. The number of hydrogen-bond donors (Lipinski definition) is 1. The highest BCUT2D eigenvalue weighted by molar-refractivity contribution is 5.89. The molecule has 1 N–H and O–H groups in total. The number of nitrogens with zero attached hydrogens (tertiary/aromatic N) is 2. The lowest BCUT2D eigenvalue weighted by atomic mass is 10.0. The number of likely N-dealkylation sites (N-methyl/N-ethyl adjacent to an activating group) is 1. The third-order valence-corrected chi connectivity index (χ3v) is 3.49. The van der Waals surface area contributed by atoms with Gasteiger partial charge in [-0.2, -0.15) is 0 Å². The smallest absolute Gasteiger partial charge is 0.245 e. The number of hydrogen-bond acceptors (Lipinski definition) is 3. The van der Waals surface area contributed by atoms with Gasteiger partial charge in [-0.25, -0.2) is 0 Å². The van der Waals surface area contributed by atoms with Crippen LogP contribution >= 0.6 is 0 Å². The van der Waals surface area contributed by atoms with Gasteiger partial charge in [0.25, 0.3) is 0 Å². The van der Waals surface area contributed by atoms with Crippen LogP contribution < -0.4 is 5.32 Å². The summed E-state index contributed by atoms with van der Waals surface area (Å²) < 4.78 is 0. The minimum Gasteiger partial charge on any atom is -0.353 e. The van der Waals surface area contributed by atoms with E-state index in [9.17, 15) is 9.59 Å². The molecule has 1 aromatic rings. The first-order valence-electron chi connectivity index (χ1n) is 6.77. The number of amides is 2. The van der Waals surface area contributed by atoms with Crippen LogP contribution in [0.4, 0.5) is 0 Å². The standard InChI is InChI=1S/C15H21N3O2/c1-11-4-6-12(7-5-11)14(17(2)3)15(20)18-9-8-16-13(19)10-18/h4-7,14H,8-10H2,1-3H3,(H,16,19)/t14-/m0/s1. The number of aryl methyl sites for hydroxylation is 1. The third kappa shape index (κ3) is 3.17. The van der Waals surface area contributed by atoms with Gasteiger partial charge in [0.15, 0.2) is 0 Å². The van der Waals surface area contributed by atoms with E-state index in [1.54, 1.807) is 4.90 Å². The van der Waals surface area contributed by atoms with E-state index in [1.165, 1.54) is 0 Å². The van der Waals surface area contributed by atoms with Crippen molar-refractivity contribution in [3.63, 3.8) is 0 Å². The van der Waals surface area contributed by atoms with Gasteiger partial charge in [-0.1, -0.05) is 29.8 Å². The van der Waals surface area contributed by atoms with E-state index in [2.05, 4.69) is 5.32 Å². The molecule has 2 amide bonds. The lowest BCUT2D eigenvalue weighted by Gasteiger charge is -2.33. The van der Waals surface area contributed by atoms with Crippen molar-refractivity contribution in [1.82, 2.24) is 15.1 Å². The Morgan fingerprint density at radius 2 is 1.95 bits per heavy atom. The van der Waals surface area contributed by atoms with Crippen LogP contribution in [0.1, 0.15) is 17.2 Å². The molecule has 5 heteroatoms. The minimum atomic E-state index is -0.346. The van der Waals surface area contributed by atoms with Gasteiger partial charge in [-0.15, -0.1) is 0 Å². The van der Waals surface area contributed by atoms with Gasteiger partial charge in [0.2, 0.25) is 11.8 Å². The lowest BCUT2D eigenvalue weighted by Crippen LogP contribution is -2.52. The molecule has 0 saturated carbocycles. The van der Waals surface area contributed by atoms with Crippen LogP contribution in [-0.4, -0.2) is 55.3 Å².